The van der Waals surface area contributed by atoms with Crippen LogP contribution in [-0.4, -0.2) is 12.1 Å². The van der Waals surface area contributed by atoms with Crippen LogP contribution in [-0.2, 0) is 16.0 Å². The van der Waals surface area contributed by atoms with Crippen molar-refractivity contribution in [1.29, 1.82) is 0 Å². The summed E-state index contributed by atoms with van der Waals surface area (Å²) < 4.78 is 5.48. The van der Waals surface area contributed by atoms with E-state index in [4.69, 9.17) is 4.74 Å². The molecule has 0 aromatic heterocycles. The summed E-state index contributed by atoms with van der Waals surface area (Å²) in [7, 11) is 0. The average molecular weight is 246 g/mol. The largest absolute Gasteiger partial charge is 0.462 e. The van der Waals surface area contributed by atoms with E-state index in [-0.39, 0.29) is 12.1 Å². The maximum absolute atomic E-state index is 11.9. The van der Waals surface area contributed by atoms with Gasteiger partial charge in [-0.1, -0.05) is 17.7 Å². The van der Waals surface area contributed by atoms with E-state index in [0.29, 0.717) is 12.3 Å². The maximum Gasteiger partial charge on any atom is 0.310 e. The highest BCUT2D eigenvalue weighted by atomic mass is 16.5. The van der Waals surface area contributed by atoms with Gasteiger partial charge in [-0.05, 0) is 63.1 Å². The van der Waals surface area contributed by atoms with Gasteiger partial charge in [0.05, 0.1) is 6.42 Å². The Labute approximate surface area is 109 Å². The highest BCUT2D eigenvalue weighted by Gasteiger charge is 2.30. The van der Waals surface area contributed by atoms with Gasteiger partial charge in [-0.25, -0.2) is 0 Å². The smallest absolute Gasteiger partial charge is 0.310 e. The van der Waals surface area contributed by atoms with Crippen LogP contribution in [0.25, 0.3) is 0 Å². The molecule has 1 aromatic rings. The molecule has 0 amide bonds. The van der Waals surface area contributed by atoms with Crippen LogP contribution < -0.4 is 0 Å². The summed E-state index contributed by atoms with van der Waals surface area (Å²) in [5.74, 6) is 0.513. The molecule has 0 radical (unpaired) electrons. The molecule has 0 aliphatic heterocycles. The number of ether oxygens (including phenoxy) is 1. The number of esters is 1. The molecule has 1 aliphatic carbocycles. The van der Waals surface area contributed by atoms with Gasteiger partial charge in [-0.2, -0.15) is 0 Å². The topological polar surface area (TPSA) is 26.3 Å². The Balaban J connectivity index is 2.02. The third-order valence-electron chi connectivity index (χ3n) is 3.76. The zero-order valence-electron chi connectivity index (χ0n) is 11.7. The van der Waals surface area contributed by atoms with Crippen molar-refractivity contribution in [3.8, 4) is 0 Å². The standard InChI is InChI=1S/C16H22O2/c1-10-7-11(2)15(12(3)8-10)9-16(17)18-13(4)14-5-6-14/h7-8,13-14H,5-6,9H2,1-4H3/t13-/m1/s1. The van der Waals surface area contributed by atoms with Gasteiger partial charge in [0.2, 0.25) is 0 Å². The molecule has 1 aliphatic rings. The Kier molecular flexibility index (Phi) is 3.74. The molecule has 2 nitrogen and oxygen atoms in total. The van der Waals surface area contributed by atoms with Gasteiger partial charge in [0.25, 0.3) is 0 Å². The van der Waals surface area contributed by atoms with Crippen LogP contribution in [0.15, 0.2) is 12.1 Å². The minimum atomic E-state index is -0.0931. The van der Waals surface area contributed by atoms with Crippen molar-refractivity contribution < 1.29 is 9.53 Å². The fraction of sp³-hybridized carbons (Fsp3) is 0.562. The predicted octanol–water partition coefficient (Wildman–Crippen LogP) is 3.50. The van der Waals surface area contributed by atoms with E-state index in [9.17, 15) is 4.79 Å². The molecule has 98 valence electrons. The normalized spacial score (nSPS) is 16.4. The minimum absolute atomic E-state index is 0.0866. The highest BCUT2D eigenvalue weighted by Crippen LogP contribution is 2.34. The summed E-state index contributed by atoms with van der Waals surface area (Å²) >= 11 is 0. The lowest BCUT2D eigenvalue weighted by molar-refractivity contribution is -0.148. The van der Waals surface area contributed by atoms with Gasteiger partial charge in [-0.3, -0.25) is 4.79 Å². The van der Waals surface area contributed by atoms with E-state index in [1.54, 1.807) is 0 Å². The van der Waals surface area contributed by atoms with Crippen molar-refractivity contribution in [1.82, 2.24) is 0 Å². The molecular weight excluding hydrogens is 224 g/mol. The van der Waals surface area contributed by atoms with Crippen LogP contribution in [0.2, 0.25) is 0 Å². The van der Waals surface area contributed by atoms with Gasteiger partial charge in [0.1, 0.15) is 6.10 Å². The van der Waals surface area contributed by atoms with Crippen LogP contribution >= 0.6 is 0 Å². The van der Waals surface area contributed by atoms with E-state index in [1.165, 1.54) is 29.5 Å². The summed E-state index contributed by atoms with van der Waals surface area (Å²) in [6, 6.07) is 4.25. The molecule has 0 saturated heterocycles. The second kappa shape index (κ2) is 5.13. The zero-order valence-corrected chi connectivity index (χ0v) is 11.7. The number of hydrogen-bond donors (Lipinski definition) is 0. The van der Waals surface area contributed by atoms with Gasteiger partial charge >= 0.3 is 5.97 Å². The number of carbonyl (C=O) groups excluding carboxylic acids is 1. The first-order valence-electron chi connectivity index (χ1n) is 6.73. The molecule has 2 heteroatoms. The van der Waals surface area contributed by atoms with E-state index in [0.717, 1.165) is 5.56 Å². The minimum Gasteiger partial charge on any atom is -0.462 e. The zero-order chi connectivity index (χ0) is 13.3. The molecule has 0 heterocycles. The molecule has 0 unspecified atom stereocenters. The van der Waals surface area contributed by atoms with Crippen molar-refractivity contribution >= 4 is 5.97 Å². The van der Waals surface area contributed by atoms with Crippen molar-refractivity contribution in [2.75, 3.05) is 0 Å². The predicted molar refractivity (Wildman–Crippen MR) is 72.6 cm³/mol. The first kappa shape index (κ1) is 13.1. The van der Waals surface area contributed by atoms with Crippen LogP contribution in [0, 0.1) is 26.7 Å². The van der Waals surface area contributed by atoms with Gasteiger partial charge < -0.3 is 4.74 Å². The maximum atomic E-state index is 11.9. The summed E-state index contributed by atoms with van der Waals surface area (Å²) in [5, 5.41) is 0. The molecule has 2 rings (SSSR count). The molecule has 18 heavy (non-hydrogen) atoms. The lowest BCUT2D eigenvalue weighted by Gasteiger charge is -2.14. The summed E-state index contributed by atoms with van der Waals surface area (Å²) in [6.07, 6.45) is 2.90. The molecular formula is C16H22O2. The quantitative estimate of drug-likeness (QED) is 0.760. The first-order chi connectivity index (χ1) is 8.47. The SMILES string of the molecule is Cc1cc(C)c(CC(=O)O[C@H](C)C2CC2)c(C)c1. The Morgan fingerprint density at radius 1 is 1.28 bits per heavy atom. The van der Waals surface area contributed by atoms with Gasteiger partial charge in [-0.15, -0.1) is 0 Å². The molecule has 1 saturated carbocycles. The van der Waals surface area contributed by atoms with Crippen molar-refractivity contribution in [3.63, 3.8) is 0 Å². The molecule has 1 fully saturated rings. The Morgan fingerprint density at radius 3 is 2.33 bits per heavy atom. The average Bonchev–Trinajstić information content (AvgIpc) is 3.06. The molecule has 0 N–H and O–H groups in total. The molecule has 0 spiro atoms. The Morgan fingerprint density at radius 2 is 1.83 bits per heavy atom. The fourth-order valence-electron chi connectivity index (χ4n) is 2.54. The Hall–Kier alpha value is -1.31. The third kappa shape index (κ3) is 3.12. The number of aryl methyl sites for hydroxylation is 3. The molecule has 1 atom stereocenters. The van der Waals surface area contributed by atoms with E-state index in [2.05, 4.69) is 32.9 Å². The van der Waals surface area contributed by atoms with Gasteiger partial charge in [0.15, 0.2) is 0 Å². The van der Waals surface area contributed by atoms with Crippen LogP contribution in [0.1, 0.15) is 42.0 Å². The second-order valence-electron chi connectivity index (χ2n) is 5.59. The van der Waals surface area contributed by atoms with Gasteiger partial charge in [0, 0.05) is 0 Å². The number of carbonyl (C=O) groups is 1. The van der Waals surface area contributed by atoms with Crippen LogP contribution in [0.4, 0.5) is 0 Å². The summed E-state index contributed by atoms with van der Waals surface area (Å²) in [5.41, 5.74) is 4.73. The fourth-order valence-corrected chi connectivity index (χ4v) is 2.54. The number of rotatable bonds is 4. The first-order valence-corrected chi connectivity index (χ1v) is 6.73. The highest BCUT2D eigenvalue weighted by molar-refractivity contribution is 5.74. The monoisotopic (exact) mass is 246 g/mol. The second-order valence-corrected chi connectivity index (χ2v) is 5.59. The number of hydrogen-bond acceptors (Lipinski definition) is 2. The molecule has 0 bridgehead atoms. The number of benzene rings is 1. The van der Waals surface area contributed by atoms with Crippen molar-refractivity contribution in [2.24, 2.45) is 5.92 Å². The van der Waals surface area contributed by atoms with E-state index < -0.39 is 0 Å². The van der Waals surface area contributed by atoms with Crippen molar-refractivity contribution in [3.05, 3.63) is 34.4 Å². The third-order valence-corrected chi connectivity index (χ3v) is 3.76. The Bertz CT molecular complexity index is 435. The van der Waals surface area contributed by atoms with Crippen LogP contribution in [0.5, 0.6) is 0 Å². The van der Waals surface area contributed by atoms with E-state index in [1.807, 2.05) is 6.92 Å². The molecule has 1 aromatic carbocycles. The lowest BCUT2D eigenvalue weighted by atomic mass is 9.97. The van der Waals surface area contributed by atoms with Crippen LogP contribution in [0.3, 0.4) is 0 Å². The summed E-state index contributed by atoms with van der Waals surface area (Å²) in [4.78, 5) is 11.9. The lowest BCUT2D eigenvalue weighted by Crippen LogP contribution is -2.19. The summed E-state index contributed by atoms with van der Waals surface area (Å²) in [6.45, 7) is 8.21. The van der Waals surface area contributed by atoms with Crippen molar-refractivity contribution in [2.45, 2.75) is 53.1 Å². The van der Waals surface area contributed by atoms with E-state index >= 15 is 0 Å².